The number of β-amino-alcohol motifs (C(OH)–C–C–N with tert-alkyl or cyclic N) is 1. The van der Waals surface area contributed by atoms with E-state index in [1.807, 2.05) is 6.07 Å². The number of morpholine rings is 1. The molecule has 1 aromatic carbocycles. The highest BCUT2D eigenvalue weighted by Gasteiger charge is 2.25. The Bertz CT molecular complexity index is 633. The zero-order valence-corrected chi connectivity index (χ0v) is 22.2. The Balaban J connectivity index is 0.00000512. The monoisotopic (exact) mass is 510 g/mol. The summed E-state index contributed by atoms with van der Waals surface area (Å²) in [6.07, 6.45) is 1.96. The number of nitrogens with zero attached hydrogens (tertiary/aromatic N) is 1. The Morgan fingerprint density at radius 1 is 1.09 bits per heavy atom. The van der Waals surface area contributed by atoms with E-state index >= 15 is 0 Å². The highest BCUT2D eigenvalue weighted by atomic mass is 35.5. The Kier molecular flexibility index (Phi) is 17.2. The van der Waals surface area contributed by atoms with Gasteiger partial charge in [0.2, 0.25) is 0 Å². The summed E-state index contributed by atoms with van der Waals surface area (Å²) in [6, 6.07) is 5.87. The number of halogens is 2. The van der Waals surface area contributed by atoms with E-state index in [4.69, 9.17) is 24.7 Å². The first-order valence-corrected chi connectivity index (χ1v) is 11.5. The van der Waals surface area contributed by atoms with Crippen LogP contribution in [0.15, 0.2) is 18.2 Å². The lowest BCUT2D eigenvalue weighted by molar-refractivity contribution is 0.00726. The van der Waals surface area contributed by atoms with Crippen LogP contribution in [0.3, 0.4) is 0 Å². The SMILES string of the molecule is COCCCOc1cc(C[C@@H](C[C@H](N)[C@@H](O)CN2CCOCC2)C(C)C)ccc1OC.Cl.Cl. The van der Waals surface area contributed by atoms with Gasteiger partial charge in [-0.1, -0.05) is 19.9 Å². The second-order valence-electron chi connectivity index (χ2n) is 8.77. The first kappa shape index (κ1) is 32.2. The average molecular weight is 512 g/mol. The largest absolute Gasteiger partial charge is 0.493 e. The molecule has 1 aliphatic heterocycles. The maximum absolute atomic E-state index is 10.7. The number of nitrogens with two attached hydrogens (primary N) is 1. The molecule has 194 valence electrons. The quantitative estimate of drug-likeness (QED) is 0.371. The summed E-state index contributed by atoms with van der Waals surface area (Å²) in [5.41, 5.74) is 7.62. The molecule has 0 aromatic heterocycles. The van der Waals surface area contributed by atoms with Crippen LogP contribution in [0.25, 0.3) is 0 Å². The molecule has 0 unspecified atom stereocenters. The third kappa shape index (κ3) is 11.5. The lowest BCUT2D eigenvalue weighted by atomic mass is 9.83. The van der Waals surface area contributed by atoms with E-state index < -0.39 is 6.10 Å². The summed E-state index contributed by atoms with van der Waals surface area (Å²) in [5, 5.41) is 10.7. The predicted octanol–water partition coefficient (Wildman–Crippen LogP) is 3.18. The van der Waals surface area contributed by atoms with Crippen LogP contribution in [0, 0.1) is 11.8 Å². The molecule has 7 nitrogen and oxygen atoms in total. The lowest BCUT2D eigenvalue weighted by Gasteiger charge is -2.32. The molecular formula is C24H44Cl2N2O5. The van der Waals surface area contributed by atoms with Gasteiger partial charge >= 0.3 is 0 Å². The van der Waals surface area contributed by atoms with E-state index in [1.165, 1.54) is 5.56 Å². The van der Waals surface area contributed by atoms with Gasteiger partial charge in [-0.25, -0.2) is 0 Å². The highest BCUT2D eigenvalue weighted by molar-refractivity contribution is 5.85. The van der Waals surface area contributed by atoms with Crippen LogP contribution in [0.1, 0.15) is 32.3 Å². The van der Waals surface area contributed by atoms with Gasteiger partial charge in [-0.05, 0) is 42.4 Å². The number of aliphatic hydroxyl groups is 1. The highest BCUT2D eigenvalue weighted by Crippen LogP contribution is 2.31. The van der Waals surface area contributed by atoms with Crippen LogP contribution in [0.4, 0.5) is 0 Å². The van der Waals surface area contributed by atoms with Gasteiger partial charge in [0.25, 0.3) is 0 Å². The van der Waals surface area contributed by atoms with Crippen molar-refractivity contribution in [3.8, 4) is 11.5 Å². The smallest absolute Gasteiger partial charge is 0.161 e. The van der Waals surface area contributed by atoms with Crippen molar-refractivity contribution in [3.05, 3.63) is 23.8 Å². The van der Waals surface area contributed by atoms with Crippen LogP contribution < -0.4 is 15.2 Å². The third-order valence-corrected chi connectivity index (χ3v) is 6.04. The number of ether oxygens (including phenoxy) is 4. The predicted molar refractivity (Wildman–Crippen MR) is 137 cm³/mol. The first-order chi connectivity index (χ1) is 14.9. The van der Waals surface area contributed by atoms with E-state index in [0.717, 1.165) is 57.1 Å². The summed E-state index contributed by atoms with van der Waals surface area (Å²) in [7, 11) is 3.35. The second-order valence-corrected chi connectivity index (χ2v) is 8.77. The molecule has 0 radical (unpaired) electrons. The Morgan fingerprint density at radius 2 is 1.79 bits per heavy atom. The van der Waals surface area contributed by atoms with Gasteiger partial charge in [0, 0.05) is 45.8 Å². The number of aliphatic hydroxyl groups excluding tert-OH is 1. The summed E-state index contributed by atoms with van der Waals surface area (Å²) in [5.74, 6) is 2.31. The van der Waals surface area contributed by atoms with Crippen molar-refractivity contribution >= 4 is 24.8 Å². The van der Waals surface area contributed by atoms with Crippen LogP contribution >= 0.6 is 24.8 Å². The molecule has 3 atom stereocenters. The third-order valence-electron chi connectivity index (χ3n) is 6.04. The van der Waals surface area contributed by atoms with Gasteiger partial charge in [-0.15, -0.1) is 24.8 Å². The maximum Gasteiger partial charge on any atom is 0.161 e. The summed E-state index contributed by atoms with van der Waals surface area (Å²) in [4.78, 5) is 2.23. The normalized spacial score (nSPS) is 16.9. The molecule has 0 amide bonds. The van der Waals surface area contributed by atoms with Gasteiger partial charge in [0.1, 0.15) is 0 Å². The number of hydrogen-bond acceptors (Lipinski definition) is 7. The standard InChI is InChI=1S/C24H42N2O5.2ClH/c1-18(2)20(16-21(25)22(27)17-26-8-12-30-13-9-26)14-19-6-7-23(29-4)24(15-19)31-11-5-10-28-3;;/h6-7,15,18,20-22,27H,5,8-14,16-17,25H2,1-4H3;2*1H/t20-,21-,22-;;/m0../s1. The molecule has 3 N–H and O–H groups in total. The summed E-state index contributed by atoms with van der Waals surface area (Å²) >= 11 is 0. The molecule has 1 fully saturated rings. The summed E-state index contributed by atoms with van der Waals surface area (Å²) in [6.45, 7) is 9.47. The molecule has 1 heterocycles. The van der Waals surface area contributed by atoms with Crippen molar-refractivity contribution in [1.29, 1.82) is 0 Å². The van der Waals surface area contributed by atoms with Gasteiger partial charge in [0.05, 0.1) is 33.0 Å². The zero-order chi connectivity index (χ0) is 22.6. The second kappa shape index (κ2) is 17.6. The van der Waals surface area contributed by atoms with Crippen molar-refractivity contribution in [2.24, 2.45) is 17.6 Å². The first-order valence-electron chi connectivity index (χ1n) is 11.5. The van der Waals surface area contributed by atoms with Crippen molar-refractivity contribution in [2.75, 3.05) is 60.3 Å². The van der Waals surface area contributed by atoms with Gasteiger partial charge in [-0.3, -0.25) is 4.90 Å². The van der Waals surface area contributed by atoms with E-state index in [9.17, 15) is 5.11 Å². The van der Waals surface area contributed by atoms with Gasteiger partial charge < -0.3 is 29.8 Å². The van der Waals surface area contributed by atoms with Crippen molar-refractivity contribution < 1.29 is 24.1 Å². The molecule has 2 rings (SSSR count). The molecule has 0 saturated carbocycles. The van der Waals surface area contributed by atoms with Crippen LogP contribution in [-0.4, -0.2) is 82.4 Å². The fourth-order valence-corrected chi connectivity index (χ4v) is 3.93. The van der Waals surface area contributed by atoms with E-state index in [-0.39, 0.29) is 30.9 Å². The van der Waals surface area contributed by atoms with E-state index in [2.05, 4.69) is 30.9 Å². The number of rotatable bonds is 14. The van der Waals surface area contributed by atoms with E-state index in [0.29, 0.717) is 31.6 Å². The molecule has 1 aromatic rings. The molecule has 9 heteroatoms. The van der Waals surface area contributed by atoms with Crippen molar-refractivity contribution in [2.45, 2.75) is 45.3 Å². The Morgan fingerprint density at radius 3 is 2.39 bits per heavy atom. The van der Waals surface area contributed by atoms with Crippen LogP contribution in [0.5, 0.6) is 11.5 Å². The molecule has 0 spiro atoms. The molecular weight excluding hydrogens is 467 g/mol. The number of hydrogen-bond donors (Lipinski definition) is 2. The van der Waals surface area contributed by atoms with E-state index in [1.54, 1.807) is 14.2 Å². The molecule has 1 aliphatic rings. The topological polar surface area (TPSA) is 86.4 Å². The zero-order valence-electron chi connectivity index (χ0n) is 20.5. The minimum Gasteiger partial charge on any atom is -0.493 e. The summed E-state index contributed by atoms with van der Waals surface area (Å²) < 4.78 is 21.9. The van der Waals surface area contributed by atoms with Crippen molar-refractivity contribution in [1.82, 2.24) is 4.90 Å². The minimum absolute atomic E-state index is 0. The Labute approximate surface area is 212 Å². The average Bonchev–Trinajstić information content (AvgIpc) is 2.77. The minimum atomic E-state index is -0.533. The maximum atomic E-state index is 10.7. The van der Waals surface area contributed by atoms with Gasteiger partial charge in [-0.2, -0.15) is 0 Å². The molecule has 0 aliphatic carbocycles. The molecule has 33 heavy (non-hydrogen) atoms. The number of methoxy groups -OCH3 is 2. The Hall–Kier alpha value is -0.800. The fourth-order valence-electron chi connectivity index (χ4n) is 3.93. The lowest BCUT2D eigenvalue weighted by Crippen LogP contribution is -2.48. The number of benzene rings is 1. The van der Waals surface area contributed by atoms with Gasteiger partial charge in [0.15, 0.2) is 11.5 Å². The van der Waals surface area contributed by atoms with Crippen LogP contribution in [-0.2, 0) is 15.9 Å². The van der Waals surface area contributed by atoms with Crippen molar-refractivity contribution in [3.63, 3.8) is 0 Å². The fraction of sp³-hybridized carbons (Fsp3) is 0.750. The van der Waals surface area contributed by atoms with Crippen LogP contribution in [0.2, 0.25) is 0 Å². The molecule has 0 bridgehead atoms. The molecule has 1 saturated heterocycles.